The second-order valence-electron chi connectivity index (χ2n) is 5.14. The average molecular weight is 298 g/mol. The standard InChI is InChI=1S/C6H12N2.5CN.Fe/c7-5-3-1-2-4-6(5)8;5*1-2;/h1-4,7-8H2;;;;;;. The van der Waals surface area contributed by atoms with Gasteiger partial charge in [0, 0.05) is 0 Å². The van der Waals surface area contributed by atoms with Crippen LogP contribution in [0.1, 0.15) is 25.7 Å². The molecule has 1 saturated heterocycles. The Morgan fingerprint density at radius 3 is 1.16 bits per heavy atom. The van der Waals surface area contributed by atoms with Gasteiger partial charge in [0.1, 0.15) is 0 Å². The second-order valence-corrected chi connectivity index (χ2v) is 14.1. The first-order valence-electron chi connectivity index (χ1n) is 5.39. The van der Waals surface area contributed by atoms with Crippen molar-refractivity contribution in [2.24, 2.45) is 11.5 Å². The summed E-state index contributed by atoms with van der Waals surface area (Å²) < 4.78 is -3.70. The number of hydrogen-bond donors (Lipinski definition) is 2. The molecule has 0 amide bonds. The molecule has 1 aliphatic heterocycles. The van der Waals surface area contributed by atoms with E-state index in [0.29, 0.717) is 12.8 Å². The first-order valence-corrected chi connectivity index (χ1v) is 9.25. The Balaban J connectivity index is 3.33. The molecular weight excluding hydrogens is 286 g/mol. The van der Waals surface area contributed by atoms with E-state index < -0.39 is 18.6 Å². The van der Waals surface area contributed by atoms with E-state index in [1.807, 2.05) is 0 Å². The van der Waals surface area contributed by atoms with E-state index >= 15 is 0 Å². The maximum absolute atomic E-state index is 9.73. The molecule has 2 atom stereocenters. The van der Waals surface area contributed by atoms with E-state index in [4.69, 9.17) is 11.5 Å². The third-order valence-electron chi connectivity index (χ3n) is 5.04. The van der Waals surface area contributed by atoms with Gasteiger partial charge in [-0.15, -0.1) is 0 Å². The molecule has 7 nitrogen and oxygen atoms in total. The Morgan fingerprint density at radius 2 is 0.947 bits per heavy atom. The summed E-state index contributed by atoms with van der Waals surface area (Å²) in [4.78, 5) is 7.82. The minimum absolute atomic E-state index is 0.0628. The van der Waals surface area contributed by atoms with Crippen LogP contribution in [0.25, 0.3) is 0 Å². The second kappa shape index (κ2) is 2.21. The Hall–Kier alpha value is -2.11. The number of nitrogens with zero attached hydrogens (tertiary/aromatic N) is 5. The van der Waals surface area contributed by atoms with E-state index in [1.54, 1.807) is 24.8 Å². The van der Waals surface area contributed by atoms with Crippen LogP contribution < -0.4 is 11.5 Å². The quantitative estimate of drug-likeness (QED) is 0.594. The third kappa shape index (κ3) is 0.480. The van der Waals surface area contributed by atoms with Crippen molar-refractivity contribution in [3.63, 3.8) is 0 Å². The van der Waals surface area contributed by atoms with Crippen molar-refractivity contribution in [3.05, 3.63) is 0 Å². The summed E-state index contributed by atoms with van der Waals surface area (Å²) >= 11 is 0. The predicted octanol–water partition coefficient (Wildman–Crippen LogP) is 0.0504. The van der Waals surface area contributed by atoms with Crippen LogP contribution in [0, 0.1) is 51.1 Å². The van der Waals surface area contributed by atoms with Crippen LogP contribution in [0.5, 0.6) is 0 Å². The fraction of sp³-hybridized carbons (Fsp3) is 0.545. The summed E-state index contributed by atoms with van der Waals surface area (Å²) in [6.07, 6.45) is 1.18. The topological polar surface area (TPSA) is 171 Å². The molecule has 4 N–H and O–H groups in total. The van der Waals surface area contributed by atoms with Gasteiger partial charge in [-0.25, -0.2) is 0 Å². The zero-order valence-electron chi connectivity index (χ0n) is 10.1. The van der Waals surface area contributed by atoms with Crippen LogP contribution in [-0.2, 0) is 9.68 Å². The molecule has 0 aromatic heterocycles. The van der Waals surface area contributed by atoms with Gasteiger partial charge in [-0.1, -0.05) is 0 Å². The summed E-state index contributed by atoms with van der Waals surface area (Å²) in [6, 6.07) is 0. The molecule has 1 saturated carbocycles. The van der Waals surface area contributed by atoms with Gasteiger partial charge in [-0.2, -0.15) is 0 Å². The number of hydrogen-bond acceptors (Lipinski definition) is 7. The monoisotopic (exact) mass is 298 g/mol. The summed E-state index contributed by atoms with van der Waals surface area (Å²) in [5.74, 6) is 0. The van der Waals surface area contributed by atoms with Gasteiger partial charge < -0.3 is 0 Å². The molecule has 19 heavy (non-hydrogen) atoms. The zero-order chi connectivity index (χ0) is 14.7. The van der Waals surface area contributed by atoms with Gasteiger partial charge in [0.25, 0.3) is 0 Å². The van der Waals surface area contributed by atoms with E-state index in [-0.39, 0.29) is 12.8 Å². The molecule has 0 aromatic rings. The molecule has 99 valence electrons. The Bertz CT molecular complexity index is 636. The predicted molar refractivity (Wildman–Crippen MR) is 60.4 cm³/mol. The normalized spacial score (nSPS) is 47.5. The number of nitrogens with two attached hydrogens (primary N) is 2. The van der Waals surface area contributed by atoms with Crippen molar-refractivity contribution in [2.75, 3.05) is 0 Å². The van der Waals surface area contributed by atoms with Crippen molar-refractivity contribution >= 4 is 0 Å². The average Bonchev–Trinajstić information content (AvgIpc) is 2.82. The summed E-state index contributed by atoms with van der Waals surface area (Å²) in [6.45, 7) is 0. The van der Waals surface area contributed by atoms with E-state index in [2.05, 4.69) is 0 Å². The van der Waals surface area contributed by atoms with Crippen molar-refractivity contribution in [3.8, 4) is 24.8 Å². The Kier molecular flexibility index (Phi) is 1.55. The van der Waals surface area contributed by atoms with E-state index in [1.165, 1.54) is 0 Å². The van der Waals surface area contributed by atoms with Gasteiger partial charge in [-0.3, -0.25) is 0 Å². The van der Waals surface area contributed by atoms with Crippen LogP contribution in [0.4, 0.5) is 0 Å². The molecule has 0 bridgehead atoms. The molecule has 2 rings (SSSR count). The number of rotatable bonds is 0. The Morgan fingerprint density at radius 1 is 0.684 bits per heavy atom. The molecular formula is C11H12FeN7. The van der Waals surface area contributed by atoms with Crippen LogP contribution in [0.3, 0.4) is 0 Å². The van der Waals surface area contributed by atoms with Crippen LogP contribution >= 0.6 is 0 Å². The van der Waals surface area contributed by atoms with Crippen LogP contribution in [0.2, 0.25) is 0 Å². The molecule has 2 fully saturated rings. The van der Waals surface area contributed by atoms with Gasteiger partial charge >= 0.3 is 107 Å². The first kappa shape index (κ1) is 13.3. The summed E-state index contributed by atoms with van der Waals surface area (Å²) in [5.41, 5.74) is 12.3. The first-order chi connectivity index (χ1) is 8.71. The molecule has 8 heteroatoms. The molecule has 2 unspecified atom stereocenters. The fourth-order valence-electron chi connectivity index (χ4n) is 3.48. The molecule has 0 spiro atoms. The summed E-state index contributed by atoms with van der Waals surface area (Å²) in [7, 11) is -6.83. The van der Waals surface area contributed by atoms with Crippen molar-refractivity contribution in [2.45, 2.75) is 34.6 Å². The Labute approximate surface area is 107 Å². The van der Waals surface area contributed by atoms with Gasteiger partial charge in [0.2, 0.25) is 0 Å². The van der Waals surface area contributed by atoms with Gasteiger partial charge in [-0.05, 0) is 0 Å². The minimum atomic E-state index is -6.83. The van der Waals surface area contributed by atoms with Crippen molar-refractivity contribution in [1.82, 2.24) is 0 Å². The SMILES string of the molecule is N#[C][Fe]1([C]#N)([C]#N)([C]#N)([C]#N)[C]2(N)CCCC[C]21N. The van der Waals surface area contributed by atoms with E-state index in [9.17, 15) is 26.3 Å². The number of nitriles is 5. The maximum atomic E-state index is 9.73. The molecule has 2 aliphatic rings. The molecule has 1 aliphatic carbocycles. The van der Waals surface area contributed by atoms with Crippen molar-refractivity contribution < 1.29 is 9.68 Å². The zero-order valence-corrected chi connectivity index (χ0v) is 11.2. The summed E-state index contributed by atoms with van der Waals surface area (Å²) in [5, 5.41) is 48.7. The molecule has 0 radical (unpaired) electrons. The van der Waals surface area contributed by atoms with E-state index in [0.717, 1.165) is 0 Å². The van der Waals surface area contributed by atoms with Crippen molar-refractivity contribution in [1.29, 1.82) is 26.3 Å². The van der Waals surface area contributed by atoms with Crippen LogP contribution in [0.15, 0.2) is 0 Å². The molecule has 0 aromatic carbocycles. The molecule has 1 heterocycles. The van der Waals surface area contributed by atoms with Gasteiger partial charge in [0.05, 0.1) is 0 Å². The third-order valence-corrected chi connectivity index (χ3v) is 15.9. The van der Waals surface area contributed by atoms with Gasteiger partial charge in [0.15, 0.2) is 0 Å². The number of fused-ring (bicyclic) bond motifs is 1. The van der Waals surface area contributed by atoms with Crippen LogP contribution in [-0.4, -0.2) is 8.87 Å². The fourth-order valence-corrected chi connectivity index (χ4v) is 12.4.